The molecular formula is C8H14F2. The molecule has 1 aliphatic rings. The molecule has 0 radical (unpaired) electrons. The molecule has 0 aromatic carbocycles. The van der Waals surface area contributed by atoms with E-state index in [0.717, 1.165) is 0 Å². The van der Waals surface area contributed by atoms with Crippen LogP contribution in [0.25, 0.3) is 0 Å². The van der Waals surface area contributed by atoms with E-state index in [2.05, 4.69) is 0 Å². The molecule has 2 heteroatoms. The molecule has 1 rings (SSSR count). The summed E-state index contributed by atoms with van der Waals surface area (Å²) in [4.78, 5) is 0. The SMILES string of the molecule is [2H]C([2H])(C(C)C)[C@]1(C)CC1(F)F. The minimum atomic E-state index is -2.80. The molecule has 0 amide bonds. The molecule has 0 heterocycles. The van der Waals surface area contributed by atoms with Crippen LogP contribution in [-0.4, -0.2) is 5.92 Å². The number of hydrogen-bond acceptors (Lipinski definition) is 0. The standard InChI is InChI=1S/C8H14F2/c1-6(2)4-7(3)5-8(7,9)10/h6H,4-5H2,1-3H3/t7-/m1/s1/i4D2. The predicted molar refractivity (Wildman–Crippen MR) is 37.1 cm³/mol. The van der Waals surface area contributed by atoms with E-state index in [-0.39, 0.29) is 12.3 Å². The molecule has 1 fully saturated rings. The summed E-state index contributed by atoms with van der Waals surface area (Å²) < 4.78 is 40.7. The first-order valence-electron chi connectivity index (χ1n) is 4.53. The summed E-state index contributed by atoms with van der Waals surface area (Å²) in [6, 6.07) is 0. The Kier molecular flexibility index (Phi) is 1.06. The zero-order valence-electron chi connectivity index (χ0n) is 8.54. The molecule has 0 aromatic heterocycles. The summed E-state index contributed by atoms with van der Waals surface area (Å²) in [5.74, 6) is -3.17. The summed E-state index contributed by atoms with van der Waals surface area (Å²) >= 11 is 0. The highest BCUT2D eigenvalue weighted by atomic mass is 19.3. The molecule has 0 aliphatic heterocycles. The summed E-state index contributed by atoms with van der Waals surface area (Å²) in [6.45, 7) is 4.60. The van der Waals surface area contributed by atoms with Gasteiger partial charge in [0.2, 0.25) is 0 Å². The first kappa shape index (κ1) is 5.50. The lowest BCUT2D eigenvalue weighted by Crippen LogP contribution is -2.09. The zero-order valence-corrected chi connectivity index (χ0v) is 6.54. The van der Waals surface area contributed by atoms with Gasteiger partial charge in [-0.15, -0.1) is 0 Å². The molecule has 1 saturated carbocycles. The third-order valence-electron chi connectivity index (χ3n) is 1.87. The van der Waals surface area contributed by atoms with Gasteiger partial charge in [-0.05, 0) is 12.3 Å². The maximum absolute atomic E-state index is 12.8. The van der Waals surface area contributed by atoms with Crippen LogP contribution in [0.4, 0.5) is 8.78 Å². The highest BCUT2D eigenvalue weighted by Gasteiger charge is 2.67. The predicted octanol–water partition coefficient (Wildman–Crippen LogP) is 3.08. The molecular weight excluding hydrogens is 134 g/mol. The fraction of sp³-hybridized carbons (Fsp3) is 1.00. The third-order valence-corrected chi connectivity index (χ3v) is 1.87. The molecule has 0 bridgehead atoms. The van der Waals surface area contributed by atoms with Gasteiger partial charge >= 0.3 is 0 Å². The summed E-state index contributed by atoms with van der Waals surface area (Å²) in [6.07, 6.45) is -2.08. The van der Waals surface area contributed by atoms with Gasteiger partial charge in [-0.3, -0.25) is 0 Å². The largest absolute Gasteiger partial charge is 0.254 e. The van der Waals surface area contributed by atoms with Crippen LogP contribution < -0.4 is 0 Å². The topological polar surface area (TPSA) is 0 Å². The van der Waals surface area contributed by atoms with Crippen molar-refractivity contribution in [1.82, 2.24) is 0 Å². The van der Waals surface area contributed by atoms with Crippen LogP contribution in [0.3, 0.4) is 0 Å². The number of hydrogen-bond donors (Lipinski definition) is 0. The van der Waals surface area contributed by atoms with Gasteiger partial charge in [0.1, 0.15) is 0 Å². The summed E-state index contributed by atoms with van der Waals surface area (Å²) in [5, 5.41) is 0. The monoisotopic (exact) mass is 150 g/mol. The smallest absolute Gasteiger partial charge is 0.206 e. The number of rotatable bonds is 2. The van der Waals surface area contributed by atoms with E-state index >= 15 is 0 Å². The van der Waals surface area contributed by atoms with Crippen molar-refractivity contribution in [1.29, 1.82) is 0 Å². The minimum absolute atomic E-state index is 0.314. The maximum atomic E-state index is 12.8. The Labute approximate surface area is 63.4 Å². The van der Waals surface area contributed by atoms with Gasteiger partial charge in [-0.1, -0.05) is 20.8 Å². The fourth-order valence-corrected chi connectivity index (χ4v) is 1.19. The number of halogens is 2. The second kappa shape index (κ2) is 1.93. The highest BCUT2D eigenvalue weighted by Crippen LogP contribution is 2.63. The van der Waals surface area contributed by atoms with E-state index in [1.807, 2.05) is 0 Å². The van der Waals surface area contributed by atoms with Gasteiger partial charge in [0, 0.05) is 14.6 Å². The summed E-state index contributed by atoms with van der Waals surface area (Å²) in [5.41, 5.74) is -1.44. The van der Waals surface area contributed by atoms with E-state index in [1.165, 1.54) is 6.92 Å². The molecule has 0 aromatic rings. The van der Waals surface area contributed by atoms with Crippen molar-refractivity contribution in [2.24, 2.45) is 11.3 Å². The second-order valence-electron chi connectivity index (χ2n) is 3.51. The van der Waals surface area contributed by atoms with Crippen molar-refractivity contribution in [3.8, 4) is 0 Å². The normalized spacial score (nSPS) is 41.0. The van der Waals surface area contributed by atoms with Crippen molar-refractivity contribution in [2.75, 3.05) is 0 Å². The van der Waals surface area contributed by atoms with Gasteiger partial charge in [0.25, 0.3) is 5.92 Å². The van der Waals surface area contributed by atoms with Crippen LogP contribution in [0.15, 0.2) is 0 Å². The van der Waals surface area contributed by atoms with Crippen molar-refractivity contribution < 1.29 is 11.5 Å². The van der Waals surface area contributed by atoms with Crippen molar-refractivity contribution in [3.05, 3.63) is 0 Å². The Morgan fingerprint density at radius 2 is 2.00 bits per heavy atom. The Morgan fingerprint density at radius 3 is 2.10 bits per heavy atom. The fourth-order valence-electron chi connectivity index (χ4n) is 1.19. The quantitative estimate of drug-likeness (QED) is 0.567. The lowest BCUT2D eigenvalue weighted by atomic mass is 9.96. The van der Waals surface area contributed by atoms with E-state index in [9.17, 15) is 8.78 Å². The molecule has 60 valence electrons. The molecule has 0 saturated heterocycles. The van der Waals surface area contributed by atoms with E-state index in [4.69, 9.17) is 2.74 Å². The Bertz CT molecular complexity index is 198. The van der Waals surface area contributed by atoms with E-state index in [0.29, 0.717) is 0 Å². The van der Waals surface area contributed by atoms with Crippen LogP contribution in [0.1, 0.15) is 36.3 Å². The molecule has 1 atom stereocenters. The average Bonchev–Trinajstić information content (AvgIpc) is 2.33. The molecule has 1 aliphatic carbocycles. The third kappa shape index (κ3) is 1.16. The molecule has 0 N–H and O–H groups in total. The lowest BCUT2D eigenvalue weighted by Gasteiger charge is -2.11. The lowest BCUT2D eigenvalue weighted by molar-refractivity contribution is 0.0623. The van der Waals surface area contributed by atoms with Crippen LogP contribution in [0.2, 0.25) is 0 Å². The Hall–Kier alpha value is -0.140. The van der Waals surface area contributed by atoms with E-state index in [1.54, 1.807) is 13.8 Å². The minimum Gasteiger partial charge on any atom is -0.206 e. The zero-order chi connectivity index (χ0) is 9.78. The van der Waals surface area contributed by atoms with E-state index < -0.39 is 17.7 Å². The van der Waals surface area contributed by atoms with Crippen LogP contribution in [0, 0.1) is 11.3 Å². The van der Waals surface area contributed by atoms with Crippen molar-refractivity contribution >= 4 is 0 Å². The van der Waals surface area contributed by atoms with Gasteiger partial charge in [-0.2, -0.15) is 0 Å². The molecule has 0 spiro atoms. The Morgan fingerprint density at radius 1 is 1.60 bits per heavy atom. The molecule has 10 heavy (non-hydrogen) atoms. The van der Waals surface area contributed by atoms with Gasteiger partial charge in [-0.25, -0.2) is 8.78 Å². The van der Waals surface area contributed by atoms with Crippen molar-refractivity contribution in [3.63, 3.8) is 0 Å². The van der Waals surface area contributed by atoms with Crippen LogP contribution >= 0.6 is 0 Å². The van der Waals surface area contributed by atoms with Gasteiger partial charge in [0.15, 0.2) is 0 Å². The maximum Gasteiger partial charge on any atom is 0.254 e. The highest BCUT2D eigenvalue weighted by molar-refractivity contribution is 5.06. The molecule has 0 nitrogen and oxygen atoms in total. The second-order valence-corrected chi connectivity index (χ2v) is 3.51. The summed E-state index contributed by atoms with van der Waals surface area (Å²) in [7, 11) is 0. The first-order chi connectivity index (χ1) is 5.15. The average molecular weight is 150 g/mol. The van der Waals surface area contributed by atoms with Crippen molar-refractivity contribution in [2.45, 2.75) is 39.5 Å². The van der Waals surface area contributed by atoms with Crippen LogP contribution in [-0.2, 0) is 0 Å². The van der Waals surface area contributed by atoms with Crippen LogP contribution in [0.5, 0.6) is 0 Å². The molecule has 0 unspecified atom stereocenters. The Balaban J connectivity index is 2.85. The number of alkyl halides is 2. The first-order valence-corrected chi connectivity index (χ1v) is 3.53. The van der Waals surface area contributed by atoms with Gasteiger partial charge in [0.05, 0.1) is 0 Å². The van der Waals surface area contributed by atoms with Gasteiger partial charge < -0.3 is 0 Å².